The van der Waals surface area contributed by atoms with Crippen molar-refractivity contribution in [3.8, 4) is 5.69 Å². The van der Waals surface area contributed by atoms with Crippen LogP contribution in [0.3, 0.4) is 0 Å². The van der Waals surface area contributed by atoms with Crippen molar-refractivity contribution in [2.75, 3.05) is 23.3 Å². The van der Waals surface area contributed by atoms with Gasteiger partial charge in [0.2, 0.25) is 5.91 Å². The van der Waals surface area contributed by atoms with Crippen molar-refractivity contribution in [1.29, 1.82) is 0 Å². The second-order valence-corrected chi connectivity index (χ2v) is 9.67. The highest BCUT2D eigenvalue weighted by atomic mass is 16.2. The number of anilines is 2. The Bertz CT molecular complexity index is 1320. The Morgan fingerprint density at radius 2 is 1.77 bits per heavy atom. The summed E-state index contributed by atoms with van der Waals surface area (Å²) in [4.78, 5) is 46.0. The van der Waals surface area contributed by atoms with Crippen molar-refractivity contribution in [3.05, 3.63) is 80.8 Å². The Morgan fingerprint density at radius 1 is 1.09 bits per heavy atom. The Kier molecular flexibility index (Phi) is 7.19. The second kappa shape index (κ2) is 10.3. The van der Waals surface area contributed by atoms with Crippen LogP contribution in [0.1, 0.15) is 37.9 Å². The van der Waals surface area contributed by atoms with Gasteiger partial charge in [-0.2, -0.15) is 0 Å². The number of benzene rings is 1. The van der Waals surface area contributed by atoms with E-state index in [2.05, 4.69) is 10.3 Å². The summed E-state index contributed by atoms with van der Waals surface area (Å²) in [5.41, 5.74) is 2.34. The van der Waals surface area contributed by atoms with Gasteiger partial charge in [0.05, 0.1) is 11.4 Å². The molecule has 3 heterocycles. The molecule has 1 N–H and O–H groups in total. The predicted octanol–water partition coefficient (Wildman–Crippen LogP) is 3.52. The van der Waals surface area contributed by atoms with Gasteiger partial charge in [0.15, 0.2) is 0 Å². The number of nitrogens with zero attached hydrogens (tertiary/aromatic N) is 4. The fourth-order valence-corrected chi connectivity index (χ4v) is 4.71. The van der Waals surface area contributed by atoms with Crippen LogP contribution in [0.2, 0.25) is 0 Å². The minimum absolute atomic E-state index is 0.0500. The molecule has 1 saturated heterocycles. The van der Waals surface area contributed by atoms with E-state index in [1.807, 2.05) is 75.1 Å². The number of hydrogen-bond donors (Lipinski definition) is 1. The van der Waals surface area contributed by atoms with E-state index in [1.54, 1.807) is 10.8 Å². The molecule has 0 saturated carbocycles. The minimum Gasteiger partial charge on any atom is -0.366 e. The molecule has 0 atom stereocenters. The summed E-state index contributed by atoms with van der Waals surface area (Å²) in [6.45, 7) is 9.23. The van der Waals surface area contributed by atoms with Gasteiger partial charge < -0.3 is 10.2 Å². The molecule has 8 heteroatoms. The number of carbonyl (C=O) groups is 1. The van der Waals surface area contributed by atoms with E-state index in [1.165, 1.54) is 4.57 Å². The van der Waals surface area contributed by atoms with Crippen molar-refractivity contribution < 1.29 is 4.79 Å². The summed E-state index contributed by atoms with van der Waals surface area (Å²) in [5.74, 6) is 0.488. The smallest absolute Gasteiger partial charge is 0.335 e. The monoisotopic (exact) mass is 475 g/mol. The van der Waals surface area contributed by atoms with E-state index in [4.69, 9.17) is 0 Å². The third kappa shape index (κ3) is 5.21. The highest BCUT2D eigenvalue weighted by molar-refractivity contribution is 5.91. The molecule has 1 amide bonds. The molecule has 0 unspecified atom stereocenters. The Hall–Kier alpha value is -3.68. The van der Waals surface area contributed by atoms with E-state index >= 15 is 0 Å². The Morgan fingerprint density at radius 3 is 2.40 bits per heavy atom. The summed E-state index contributed by atoms with van der Waals surface area (Å²) in [7, 11) is 0. The molecule has 1 fully saturated rings. The molecule has 4 rings (SSSR count). The normalized spacial score (nSPS) is 14.4. The first-order valence-electron chi connectivity index (χ1n) is 12.2. The van der Waals surface area contributed by atoms with E-state index in [-0.39, 0.29) is 29.0 Å². The van der Waals surface area contributed by atoms with Gasteiger partial charge in [-0.15, -0.1) is 0 Å². The van der Waals surface area contributed by atoms with E-state index < -0.39 is 0 Å². The van der Waals surface area contributed by atoms with Crippen LogP contribution in [-0.4, -0.2) is 33.1 Å². The molecule has 0 bridgehead atoms. The third-order valence-corrected chi connectivity index (χ3v) is 6.46. The predicted molar refractivity (Wildman–Crippen MR) is 138 cm³/mol. The number of para-hydroxylation sites is 1. The molecular weight excluding hydrogens is 442 g/mol. The Balaban J connectivity index is 1.62. The van der Waals surface area contributed by atoms with E-state index in [0.29, 0.717) is 49.7 Å². The maximum absolute atomic E-state index is 13.5. The van der Waals surface area contributed by atoms with Crippen LogP contribution >= 0.6 is 0 Å². The first-order chi connectivity index (χ1) is 16.8. The number of rotatable bonds is 6. The third-order valence-electron chi connectivity index (χ3n) is 6.46. The van der Waals surface area contributed by atoms with E-state index in [0.717, 1.165) is 11.3 Å². The van der Waals surface area contributed by atoms with Gasteiger partial charge in [-0.3, -0.25) is 18.7 Å². The summed E-state index contributed by atoms with van der Waals surface area (Å²) < 4.78 is 2.98. The maximum atomic E-state index is 13.5. The van der Waals surface area contributed by atoms with Crippen molar-refractivity contribution >= 4 is 17.4 Å². The number of carbonyl (C=O) groups excluding carboxylic acids is 1. The van der Waals surface area contributed by atoms with Gasteiger partial charge >= 0.3 is 5.69 Å². The van der Waals surface area contributed by atoms with Crippen LogP contribution in [0.5, 0.6) is 0 Å². The lowest BCUT2D eigenvalue weighted by Crippen LogP contribution is -2.47. The largest absolute Gasteiger partial charge is 0.366 e. The lowest BCUT2D eigenvalue weighted by Gasteiger charge is -2.34. The van der Waals surface area contributed by atoms with Crippen LogP contribution in [0.4, 0.5) is 11.5 Å². The van der Waals surface area contributed by atoms with E-state index in [9.17, 15) is 14.4 Å². The minimum atomic E-state index is -0.323. The van der Waals surface area contributed by atoms with Crippen LogP contribution in [-0.2, 0) is 11.3 Å². The molecule has 0 spiro atoms. The molecule has 0 aliphatic carbocycles. The SMILES string of the molecule is Cc1ccnc(NC(=O)C2CCN(c3c(C)n(-c4ccccc4)c(=O)n(CC(C)C)c3=O)CC2)c1. The lowest BCUT2D eigenvalue weighted by molar-refractivity contribution is -0.120. The first kappa shape index (κ1) is 24.4. The zero-order chi connectivity index (χ0) is 25.1. The molecule has 184 valence electrons. The topological polar surface area (TPSA) is 89.2 Å². The van der Waals surface area contributed by atoms with Gasteiger partial charge in [-0.1, -0.05) is 32.0 Å². The summed E-state index contributed by atoms with van der Waals surface area (Å²) in [6.07, 6.45) is 2.91. The molecule has 1 aliphatic heterocycles. The van der Waals surface area contributed by atoms with Gasteiger partial charge in [-0.05, 0) is 62.4 Å². The van der Waals surface area contributed by atoms with Gasteiger partial charge in [0.1, 0.15) is 11.5 Å². The number of nitrogens with one attached hydrogen (secondary N) is 1. The molecule has 1 aliphatic rings. The summed E-state index contributed by atoms with van der Waals surface area (Å²) in [5, 5.41) is 2.92. The molecule has 2 aromatic heterocycles. The number of piperidine rings is 1. The summed E-state index contributed by atoms with van der Waals surface area (Å²) in [6, 6.07) is 13.1. The number of pyridine rings is 1. The average molecular weight is 476 g/mol. The summed E-state index contributed by atoms with van der Waals surface area (Å²) >= 11 is 0. The number of aryl methyl sites for hydroxylation is 1. The van der Waals surface area contributed by atoms with Gasteiger partial charge in [0.25, 0.3) is 5.56 Å². The van der Waals surface area contributed by atoms with Crippen LogP contribution in [0.25, 0.3) is 5.69 Å². The average Bonchev–Trinajstić information content (AvgIpc) is 2.83. The Labute approximate surface area is 205 Å². The lowest BCUT2D eigenvalue weighted by atomic mass is 9.95. The molecule has 1 aromatic carbocycles. The highest BCUT2D eigenvalue weighted by Crippen LogP contribution is 2.25. The van der Waals surface area contributed by atoms with Gasteiger partial charge in [-0.25, -0.2) is 9.78 Å². The zero-order valence-corrected chi connectivity index (χ0v) is 20.8. The van der Waals surface area contributed by atoms with Crippen LogP contribution in [0, 0.1) is 25.7 Å². The highest BCUT2D eigenvalue weighted by Gasteiger charge is 2.29. The van der Waals surface area contributed by atoms with Gasteiger partial charge in [0, 0.05) is 31.7 Å². The van der Waals surface area contributed by atoms with Crippen molar-refractivity contribution in [3.63, 3.8) is 0 Å². The number of amides is 1. The fraction of sp³-hybridized carbons (Fsp3) is 0.407. The standard InChI is InChI=1S/C27H33N5O3/c1-18(2)17-31-26(34)24(20(4)32(27(31)35)22-8-6-5-7-9-22)30-14-11-21(12-15-30)25(33)29-23-16-19(3)10-13-28-23/h5-10,13,16,18,21H,11-12,14-15,17H2,1-4H3,(H,28,29,33). The molecule has 0 radical (unpaired) electrons. The van der Waals surface area contributed by atoms with Crippen molar-refractivity contribution in [2.24, 2.45) is 11.8 Å². The van der Waals surface area contributed by atoms with Crippen molar-refractivity contribution in [2.45, 2.75) is 47.1 Å². The second-order valence-electron chi connectivity index (χ2n) is 9.67. The first-order valence-corrected chi connectivity index (χ1v) is 12.2. The fourth-order valence-electron chi connectivity index (χ4n) is 4.71. The number of hydrogen-bond acceptors (Lipinski definition) is 5. The van der Waals surface area contributed by atoms with Crippen LogP contribution in [0.15, 0.2) is 58.3 Å². The van der Waals surface area contributed by atoms with Crippen molar-refractivity contribution in [1.82, 2.24) is 14.1 Å². The number of aromatic nitrogens is 3. The molecule has 8 nitrogen and oxygen atoms in total. The maximum Gasteiger partial charge on any atom is 0.335 e. The molecule has 35 heavy (non-hydrogen) atoms. The van der Waals surface area contributed by atoms with Crippen LogP contribution < -0.4 is 21.5 Å². The molecule has 3 aromatic rings. The molecular formula is C27H33N5O3. The quantitative estimate of drug-likeness (QED) is 0.589. The zero-order valence-electron chi connectivity index (χ0n) is 20.8.